The molecule has 0 saturated carbocycles. The first kappa shape index (κ1) is 13.8. The first-order chi connectivity index (χ1) is 10.3. The molecule has 106 valence electrons. The van der Waals surface area contributed by atoms with Crippen molar-refractivity contribution in [3.63, 3.8) is 0 Å². The Bertz CT molecular complexity index is 727. The van der Waals surface area contributed by atoms with E-state index in [0.29, 0.717) is 5.92 Å². The maximum Gasteiger partial charge on any atom is 0.0780 e. The van der Waals surface area contributed by atoms with Crippen LogP contribution >= 0.6 is 0 Å². The van der Waals surface area contributed by atoms with Gasteiger partial charge in [0.2, 0.25) is 0 Å². The van der Waals surface area contributed by atoms with Crippen molar-refractivity contribution in [1.29, 1.82) is 0 Å². The van der Waals surface area contributed by atoms with E-state index in [1.807, 2.05) is 12.3 Å². The van der Waals surface area contributed by atoms with Gasteiger partial charge < -0.3 is 5.73 Å². The van der Waals surface area contributed by atoms with Crippen LogP contribution in [0.4, 0.5) is 0 Å². The van der Waals surface area contributed by atoms with Crippen molar-refractivity contribution in [2.45, 2.75) is 19.3 Å². The molecule has 2 aromatic carbocycles. The molecule has 0 spiro atoms. The average Bonchev–Trinajstić information content (AvgIpc) is 2.55. The minimum atomic E-state index is 0.509. The second-order valence-corrected chi connectivity index (χ2v) is 5.48. The SMILES string of the molecule is CC(CCN)c1ccc(-c2cccc3cccnc23)cc1. The number of nitrogens with zero attached hydrogens (tertiary/aromatic N) is 1. The lowest BCUT2D eigenvalue weighted by Crippen LogP contribution is -2.04. The number of rotatable bonds is 4. The number of hydrogen-bond acceptors (Lipinski definition) is 2. The molecule has 1 unspecified atom stereocenters. The van der Waals surface area contributed by atoms with Gasteiger partial charge in [0.1, 0.15) is 0 Å². The molecule has 0 fully saturated rings. The molecular weight excluding hydrogens is 256 g/mol. The first-order valence-corrected chi connectivity index (χ1v) is 7.44. The Morgan fingerprint density at radius 2 is 1.76 bits per heavy atom. The van der Waals surface area contributed by atoms with E-state index in [9.17, 15) is 0 Å². The summed E-state index contributed by atoms with van der Waals surface area (Å²) in [5.41, 5.74) is 10.4. The third-order valence-corrected chi connectivity index (χ3v) is 4.02. The lowest BCUT2D eigenvalue weighted by molar-refractivity contribution is 0.690. The van der Waals surface area contributed by atoms with Gasteiger partial charge >= 0.3 is 0 Å². The Hall–Kier alpha value is -2.19. The Kier molecular flexibility index (Phi) is 3.98. The molecule has 0 aliphatic rings. The predicted molar refractivity (Wildman–Crippen MR) is 89.3 cm³/mol. The number of nitrogens with two attached hydrogens (primary N) is 1. The van der Waals surface area contributed by atoms with Crippen molar-refractivity contribution < 1.29 is 0 Å². The molecule has 2 heteroatoms. The third kappa shape index (κ3) is 2.81. The molecule has 21 heavy (non-hydrogen) atoms. The van der Waals surface area contributed by atoms with E-state index in [0.717, 1.165) is 18.5 Å². The molecule has 0 saturated heterocycles. The van der Waals surface area contributed by atoms with Crippen LogP contribution < -0.4 is 5.73 Å². The molecule has 0 aliphatic heterocycles. The second-order valence-electron chi connectivity index (χ2n) is 5.48. The van der Waals surface area contributed by atoms with Crippen LogP contribution in [0, 0.1) is 0 Å². The van der Waals surface area contributed by atoms with E-state index in [2.05, 4.69) is 60.4 Å². The maximum atomic E-state index is 5.64. The summed E-state index contributed by atoms with van der Waals surface area (Å²) < 4.78 is 0. The molecule has 3 aromatic rings. The lowest BCUT2D eigenvalue weighted by atomic mass is 9.94. The third-order valence-electron chi connectivity index (χ3n) is 4.02. The predicted octanol–water partition coefficient (Wildman–Crippen LogP) is 4.35. The molecule has 1 aromatic heterocycles. The Morgan fingerprint density at radius 1 is 1.00 bits per heavy atom. The van der Waals surface area contributed by atoms with Crippen LogP contribution in [0.1, 0.15) is 24.8 Å². The number of benzene rings is 2. The molecule has 0 bridgehead atoms. The van der Waals surface area contributed by atoms with Gasteiger partial charge in [-0.2, -0.15) is 0 Å². The summed E-state index contributed by atoms with van der Waals surface area (Å²) in [5.74, 6) is 0.509. The highest BCUT2D eigenvalue weighted by Crippen LogP contribution is 2.28. The summed E-state index contributed by atoms with van der Waals surface area (Å²) in [5, 5.41) is 1.18. The molecular formula is C19H20N2. The van der Waals surface area contributed by atoms with Gasteiger partial charge in [-0.3, -0.25) is 4.98 Å². The average molecular weight is 276 g/mol. The van der Waals surface area contributed by atoms with Gasteiger partial charge in [0.15, 0.2) is 0 Å². The van der Waals surface area contributed by atoms with E-state index in [4.69, 9.17) is 5.73 Å². The molecule has 3 rings (SSSR count). The second kappa shape index (κ2) is 6.06. The van der Waals surface area contributed by atoms with Gasteiger partial charge in [0, 0.05) is 17.1 Å². The van der Waals surface area contributed by atoms with E-state index in [-0.39, 0.29) is 0 Å². The van der Waals surface area contributed by atoms with E-state index < -0.39 is 0 Å². The summed E-state index contributed by atoms with van der Waals surface area (Å²) in [6.07, 6.45) is 2.87. The van der Waals surface area contributed by atoms with Gasteiger partial charge in [-0.1, -0.05) is 55.5 Å². The monoisotopic (exact) mass is 276 g/mol. The highest BCUT2D eigenvalue weighted by molar-refractivity contribution is 5.93. The summed E-state index contributed by atoms with van der Waals surface area (Å²) in [7, 11) is 0. The summed E-state index contributed by atoms with van der Waals surface area (Å²) >= 11 is 0. The zero-order chi connectivity index (χ0) is 14.7. The van der Waals surface area contributed by atoms with Crippen LogP contribution in [0.3, 0.4) is 0 Å². The molecule has 2 nitrogen and oxygen atoms in total. The molecule has 0 aliphatic carbocycles. The van der Waals surface area contributed by atoms with Crippen LogP contribution in [0.2, 0.25) is 0 Å². The molecule has 0 amide bonds. The number of pyridine rings is 1. The summed E-state index contributed by atoms with van der Waals surface area (Å²) in [4.78, 5) is 4.53. The van der Waals surface area contributed by atoms with Crippen molar-refractivity contribution in [1.82, 2.24) is 4.98 Å². The zero-order valence-corrected chi connectivity index (χ0v) is 12.3. The molecule has 1 heterocycles. The quantitative estimate of drug-likeness (QED) is 0.769. The van der Waals surface area contributed by atoms with Crippen molar-refractivity contribution in [2.24, 2.45) is 5.73 Å². The minimum absolute atomic E-state index is 0.509. The number of hydrogen-bond donors (Lipinski definition) is 1. The van der Waals surface area contributed by atoms with Gasteiger partial charge in [0.05, 0.1) is 5.52 Å². The standard InChI is InChI=1S/C19H20N2/c1-14(11-12-20)15-7-9-16(10-8-15)18-6-2-4-17-5-3-13-21-19(17)18/h2-10,13-14H,11-12,20H2,1H3. The van der Waals surface area contributed by atoms with Gasteiger partial charge in [-0.05, 0) is 36.1 Å². The Labute approximate surface area is 125 Å². The van der Waals surface area contributed by atoms with Crippen molar-refractivity contribution >= 4 is 10.9 Å². The Balaban J connectivity index is 2.00. The van der Waals surface area contributed by atoms with E-state index >= 15 is 0 Å². The van der Waals surface area contributed by atoms with E-state index in [1.165, 1.54) is 22.1 Å². The summed E-state index contributed by atoms with van der Waals surface area (Å²) in [6, 6.07) is 19.2. The molecule has 2 N–H and O–H groups in total. The summed E-state index contributed by atoms with van der Waals surface area (Å²) in [6.45, 7) is 2.96. The smallest absolute Gasteiger partial charge is 0.0780 e. The van der Waals surface area contributed by atoms with Gasteiger partial charge in [0.25, 0.3) is 0 Å². The number of aromatic nitrogens is 1. The fraction of sp³-hybridized carbons (Fsp3) is 0.211. The van der Waals surface area contributed by atoms with Gasteiger partial charge in [-0.25, -0.2) is 0 Å². The van der Waals surface area contributed by atoms with Crippen molar-refractivity contribution in [3.05, 3.63) is 66.4 Å². The highest BCUT2D eigenvalue weighted by atomic mass is 14.6. The zero-order valence-electron chi connectivity index (χ0n) is 12.3. The van der Waals surface area contributed by atoms with E-state index in [1.54, 1.807) is 0 Å². The fourth-order valence-electron chi connectivity index (χ4n) is 2.75. The van der Waals surface area contributed by atoms with Crippen LogP contribution in [-0.4, -0.2) is 11.5 Å². The lowest BCUT2D eigenvalue weighted by Gasteiger charge is -2.12. The van der Waals surface area contributed by atoms with Crippen LogP contribution in [0.25, 0.3) is 22.0 Å². The largest absolute Gasteiger partial charge is 0.330 e. The highest BCUT2D eigenvalue weighted by Gasteiger charge is 2.07. The van der Waals surface area contributed by atoms with Crippen LogP contribution in [-0.2, 0) is 0 Å². The topological polar surface area (TPSA) is 38.9 Å². The first-order valence-electron chi connectivity index (χ1n) is 7.44. The number of para-hydroxylation sites is 1. The van der Waals surface area contributed by atoms with Crippen LogP contribution in [0.15, 0.2) is 60.8 Å². The minimum Gasteiger partial charge on any atom is -0.330 e. The fourth-order valence-corrected chi connectivity index (χ4v) is 2.75. The Morgan fingerprint density at radius 3 is 2.52 bits per heavy atom. The maximum absolute atomic E-state index is 5.64. The van der Waals surface area contributed by atoms with Crippen LogP contribution in [0.5, 0.6) is 0 Å². The molecule has 0 radical (unpaired) electrons. The van der Waals surface area contributed by atoms with Gasteiger partial charge in [-0.15, -0.1) is 0 Å². The molecule has 1 atom stereocenters. The number of fused-ring (bicyclic) bond motifs is 1. The van der Waals surface area contributed by atoms with Crippen molar-refractivity contribution in [3.8, 4) is 11.1 Å². The normalized spacial score (nSPS) is 12.5. The van der Waals surface area contributed by atoms with Crippen molar-refractivity contribution in [2.75, 3.05) is 6.54 Å².